The predicted molar refractivity (Wildman–Crippen MR) is 116 cm³/mol. The average Bonchev–Trinajstić information content (AvgIpc) is 3.03. The number of rotatable bonds is 3. The van der Waals surface area contributed by atoms with E-state index in [9.17, 15) is 0 Å². The van der Waals surface area contributed by atoms with Crippen LogP contribution in [0.3, 0.4) is 0 Å². The van der Waals surface area contributed by atoms with Gasteiger partial charge in [0.05, 0.1) is 0 Å². The molecule has 0 aliphatic carbocycles. The molecule has 0 N–H and O–H groups in total. The van der Waals surface area contributed by atoms with Crippen LogP contribution in [-0.2, 0) is 0 Å². The Morgan fingerprint density at radius 2 is 1.28 bits per heavy atom. The van der Waals surface area contributed by atoms with Crippen LogP contribution >= 0.6 is 23.2 Å². The van der Waals surface area contributed by atoms with E-state index in [2.05, 4.69) is 92.6 Å². The summed E-state index contributed by atoms with van der Waals surface area (Å²) in [5.41, 5.74) is 3.96. The van der Waals surface area contributed by atoms with Crippen molar-refractivity contribution in [2.24, 2.45) is 0 Å². The van der Waals surface area contributed by atoms with Crippen LogP contribution in [0.15, 0.2) is 64.4 Å². The Balaban J connectivity index is 1.90. The molecule has 3 aromatic carbocycles. The second-order valence-corrected chi connectivity index (χ2v) is 9.27. The minimum absolute atomic E-state index is 0.411. The zero-order valence-corrected chi connectivity index (χ0v) is 16.6. The van der Waals surface area contributed by atoms with Crippen molar-refractivity contribution in [2.75, 3.05) is 38.0 Å². The lowest BCUT2D eigenvalue weighted by Crippen LogP contribution is -2.24. The molecule has 126 valence electrons. The molecule has 0 saturated heterocycles. The smallest absolute Gasteiger partial charge is 0.318 e. The molecule has 0 saturated carbocycles. The van der Waals surface area contributed by atoms with Gasteiger partial charge in [-0.3, -0.25) is 0 Å². The first-order valence-corrected chi connectivity index (χ1v) is 10.1. The van der Waals surface area contributed by atoms with E-state index in [0.29, 0.717) is 5.27 Å². The van der Waals surface area contributed by atoms with Crippen LogP contribution in [0.4, 0.5) is 11.4 Å². The first-order valence-electron chi connectivity index (χ1n) is 8.39. The maximum Gasteiger partial charge on any atom is 0.318 e. The highest BCUT2D eigenvalue weighted by atomic mass is 32.2. The summed E-state index contributed by atoms with van der Waals surface area (Å²) in [6.45, 7) is 0. The molecule has 0 unspecified atom stereocenters. The van der Waals surface area contributed by atoms with Gasteiger partial charge in [0.15, 0.2) is 0 Å². The van der Waals surface area contributed by atoms with E-state index in [4.69, 9.17) is 0 Å². The molecule has 0 atom stereocenters. The highest BCUT2D eigenvalue weighted by molar-refractivity contribution is 8.57. The molecule has 25 heavy (non-hydrogen) atoms. The SMILES string of the molecule is CN(C)c1cccc2c(B3Sc4ccccc4S3)ccc(N(C)C)c12. The van der Waals surface area contributed by atoms with Gasteiger partial charge in [-0.2, -0.15) is 23.2 Å². The largest absolute Gasteiger partial charge is 0.377 e. The van der Waals surface area contributed by atoms with Crippen molar-refractivity contribution >= 4 is 56.1 Å². The minimum atomic E-state index is 0.411. The van der Waals surface area contributed by atoms with Gasteiger partial charge in [0.2, 0.25) is 0 Å². The van der Waals surface area contributed by atoms with Crippen molar-refractivity contribution in [1.29, 1.82) is 0 Å². The molecule has 2 nitrogen and oxygen atoms in total. The van der Waals surface area contributed by atoms with E-state index in [0.717, 1.165) is 0 Å². The topological polar surface area (TPSA) is 6.48 Å². The Bertz CT molecular complexity index is 901. The van der Waals surface area contributed by atoms with Gasteiger partial charge < -0.3 is 9.80 Å². The van der Waals surface area contributed by atoms with Crippen molar-refractivity contribution in [1.82, 2.24) is 0 Å². The Labute approximate surface area is 158 Å². The van der Waals surface area contributed by atoms with Crippen LogP contribution in [0.5, 0.6) is 0 Å². The molecule has 3 aromatic rings. The fourth-order valence-electron chi connectivity index (χ4n) is 3.37. The number of benzene rings is 3. The van der Waals surface area contributed by atoms with Crippen molar-refractivity contribution in [3.05, 3.63) is 54.6 Å². The molecule has 4 rings (SSSR count). The summed E-state index contributed by atoms with van der Waals surface area (Å²) in [5.74, 6) is 0. The molecule has 1 aliphatic heterocycles. The number of hydrogen-bond donors (Lipinski definition) is 0. The van der Waals surface area contributed by atoms with E-state index in [1.807, 2.05) is 23.2 Å². The molecule has 0 bridgehead atoms. The average molecular weight is 364 g/mol. The number of nitrogens with zero attached hydrogens (tertiary/aromatic N) is 2. The van der Waals surface area contributed by atoms with Crippen molar-refractivity contribution in [2.45, 2.75) is 9.79 Å². The molecule has 0 spiro atoms. The fourth-order valence-corrected chi connectivity index (χ4v) is 6.28. The first-order chi connectivity index (χ1) is 12.1. The van der Waals surface area contributed by atoms with Gasteiger partial charge in [-0.15, -0.1) is 0 Å². The first kappa shape index (κ1) is 16.7. The standard InChI is InChI=1S/C20H21BN2S2/c1-22(2)16-9-7-8-14-15(12-13-17(20(14)16)23(3)4)21-24-18-10-5-6-11-19(18)25-21/h5-13H,1-4H3. The lowest BCUT2D eigenvalue weighted by Gasteiger charge is -2.23. The Hall–Kier alpha value is -1.72. The highest BCUT2D eigenvalue weighted by Crippen LogP contribution is 2.46. The molecule has 0 aromatic heterocycles. The van der Waals surface area contributed by atoms with Gasteiger partial charge in [-0.25, -0.2) is 0 Å². The molecule has 0 radical (unpaired) electrons. The van der Waals surface area contributed by atoms with Crippen LogP contribution in [-0.4, -0.2) is 33.5 Å². The summed E-state index contributed by atoms with van der Waals surface area (Å²) in [6.07, 6.45) is 0. The number of hydrogen-bond acceptors (Lipinski definition) is 4. The molecule has 0 amide bonds. The second-order valence-electron chi connectivity index (χ2n) is 6.68. The van der Waals surface area contributed by atoms with E-state index in [-0.39, 0.29) is 0 Å². The summed E-state index contributed by atoms with van der Waals surface area (Å²) in [7, 11) is 8.48. The van der Waals surface area contributed by atoms with Crippen LogP contribution in [0.25, 0.3) is 10.8 Å². The third kappa shape index (κ3) is 2.89. The van der Waals surface area contributed by atoms with E-state index >= 15 is 0 Å². The molecular formula is C20H21BN2S2. The summed E-state index contributed by atoms with van der Waals surface area (Å²) >= 11 is 3.94. The van der Waals surface area contributed by atoms with Gasteiger partial charge >= 0.3 is 5.27 Å². The molecular weight excluding hydrogens is 343 g/mol. The normalized spacial score (nSPS) is 13.2. The summed E-state index contributed by atoms with van der Waals surface area (Å²) in [6, 6.07) is 20.0. The van der Waals surface area contributed by atoms with Crippen LogP contribution < -0.4 is 15.3 Å². The minimum Gasteiger partial charge on any atom is -0.377 e. The fraction of sp³-hybridized carbons (Fsp3) is 0.200. The van der Waals surface area contributed by atoms with Crippen LogP contribution in [0.2, 0.25) is 0 Å². The monoisotopic (exact) mass is 364 g/mol. The predicted octanol–water partition coefficient (Wildman–Crippen LogP) is 4.57. The van der Waals surface area contributed by atoms with Gasteiger partial charge in [-0.1, -0.05) is 30.3 Å². The zero-order valence-electron chi connectivity index (χ0n) is 15.0. The third-order valence-corrected chi connectivity index (χ3v) is 7.43. The maximum atomic E-state index is 2.31. The van der Waals surface area contributed by atoms with Crippen molar-refractivity contribution < 1.29 is 0 Å². The molecule has 1 heterocycles. The number of fused-ring (bicyclic) bond motifs is 2. The van der Waals surface area contributed by atoms with Gasteiger partial charge in [0, 0.05) is 54.7 Å². The Morgan fingerprint density at radius 1 is 0.680 bits per heavy atom. The van der Waals surface area contributed by atoms with Crippen LogP contribution in [0, 0.1) is 0 Å². The zero-order chi connectivity index (χ0) is 17.6. The van der Waals surface area contributed by atoms with Gasteiger partial charge in [0.1, 0.15) is 0 Å². The summed E-state index contributed by atoms with van der Waals surface area (Å²) in [5, 5.41) is 3.11. The van der Waals surface area contributed by atoms with Crippen molar-refractivity contribution in [3.63, 3.8) is 0 Å². The Kier molecular flexibility index (Phi) is 4.38. The summed E-state index contributed by atoms with van der Waals surface area (Å²) < 4.78 is 0. The number of anilines is 2. The third-order valence-electron chi connectivity index (χ3n) is 4.57. The second kappa shape index (κ2) is 6.54. The Morgan fingerprint density at radius 3 is 1.88 bits per heavy atom. The van der Waals surface area contributed by atoms with Gasteiger partial charge in [0.25, 0.3) is 0 Å². The van der Waals surface area contributed by atoms with Gasteiger partial charge in [-0.05, 0) is 35.1 Å². The van der Waals surface area contributed by atoms with E-state index in [1.165, 1.54) is 37.4 Å². The lowest BCUT2D eigenvalue weighted by atomic mass is 9.86. The molecule has 1 aliphatic rings. The lowest BCUT2D eigenvalue weighted by molar-refractivity contribution is 1.12. The van der Waals surface area contributed by atoms with E-state index in [1.54, 1.807) is 0 Å². The van der Waals surface area contributed by atoms with Crippen molar-refractivity contribution in [3.8, 4) is 0 Å². The maximum absolute atomic E-state index is 2.31. The summed E-state index contributed by atoms with van der Waals surface area (Å²) in [4.78, 5) is 7.21. The van der Waals surface area contributed by atoms with Crippen LogP contribution in [0.1, 0.15) is 0 Å². The molecule has 0 fully saturated rings. The quantitative estimate of drug-likeness (QED) is 0.628. The van der Waals surface area contributed by atoms with E-state index < -0.39 is 0 Å². The molecule has 5 heteroatoms. The highest BCUT2D eigenvalue weighted by Gasteiger charge is 2.30.